The Balaban J connectivity index is 2.26. The van der Waals surface area contributed by atoms with Crippen LogP contribution >= 0.6 is 15.9 Å². The number of nitrogens with zero attached hydrogens (tertiary/aromatic N) is 2. The predicted molar refractivity (Wildman–Crippen MR) is 76.0 cm³/mol. The number of aryl methyl sites for hydroxylation is 1. The number of carboxylic acids is 1. The van der Waals surface area contributed by atoms with Crippen molar-refractivity contribution in [1.29, 1.82) is 0 Å². The first-order valence-corrected chi connectivity index (χ1v) is 6.87. The second kappa shape index (κ2) is 4.96. The zero-order valence-corrected chi connectivity index (χ0v) is 12.5. The van der Waals surface area contributed by atoms with E-state index in [2.05, 4.69) is 21.0 Å². The third-order valence-corrected chi connectivity index (χ3v) is 3.72. The van der Waals surface area contributed by atoms with E-state index in [-0.39, 0.29) is 11.4 Å². The summed E-state index contributed by atoms with van der Waals surface area (Å²) in [4.78, 5) is 11.0. The number of carbonyl (C=O) groups is 1. The zero-order chi connectivity index (χ0) is 15.1. The third kappa shape index (κ3) is 2.21. The summed E-state index contributed by atoms with van der Waals surface area (Å²) in [5.41, 5.74) is 0.659. The van der Waals surface area contributed by atoms with Crippen molar-refractivity contribution >= 4 is 21.9 Å². The predicted octanol–water partition coefficient (Wildman–Crippen LogP) is 2.02. The molecule has 0 atom stereocenters. The van der Waals surface area contributed by atoms with Crippen molar-refractivity contribution in [3.8, 4) is 28.5 Å². The molecule has 0 saturated heterocycles. The number of carboxylic acid groups (broad SMARTS) is 1. The van der Waals surface area contributed by atoms with Crippen molar-refractivity contribution in [2.45, 2.75) is 0 Å². The van der Waals surface area contributed by atoms with E-state index in [9.17, 15) is 9.90 Å². The Hall–Kier alpha value is -2.22. The largest absolute Gasteiger partial charge is 0.506 e. The van der Waals surface area contributed by atoms with E-state index in [1.165, 1.54) is 10.7 Å². The molecule has 0 radical (unpaired) electrons. The number of fused-ring (bicyclic) bond motifs is 1. The summed E-state index contributed by atoms with van der Waals surface area (Å²) in [6.45, 7) is 0.764. The number of phenolic OH excluding ortho intramolecular Hbond substituents is 1. The maximum Gasteiger partial charge on any atom is 0.356 e. The molecular weight excluding hydrogens is 344 g/mol. The highest BCUT2D eigenvalue weighted by molar-refractivity contribution is 9.10. The van der Waals surface area contributed by atoms with Gasteiger partial charge >= 0.3 is 5.97 Å². The molecule has 0 unspecified atom stereocenters. The smallest absolute Gasteiger partial charge is 0.356 e. The van der Waals surface area contributed by atoms with Crippen molar-refractivity contribution in [3.63, 3.8) is 0 Å². The van der Waals surface area contributed by atoms with Crippen LogP contribution in [0.5, 0.6) is 17.2 Å². The van der Waals surface area contributed by atoms with Crippen LogP contribution in [0.2, 0.25) is 0 Å². The number of phenols is 1. The summed E-state index contributed by atoms with van der Waals surface area (Å²) in [6.07, 6.45) is 0. The summed E-state index contributed by atoms with van der Waals surface area (Å²) < 4.78 is 12.9. The maximum atomic E-state index is 11.0. The fourth-order valence-electron chi connectivity index (χ4n) is 2.19. The van der Waals surface area contributed by atoms with Crippen LogP contribution in [-0.4, -0.2) is 39.2 Å². The molecule has 0 bridgehead atoms. The molecule has 0 amide bonds. The molecule has 0 fully saturated rings. The molecule has 2 heterocycles. The number of hydrogen-bond acceptors (Lipinski definition) is 5. The van der Waals surface area contributed by atoms with Crippen molar-refractivity contribution < 1.29 is 24.5 Å². The summed E-state index contributed by atoms with van der Waals surface area (Å²) >= 11 is 3.25. The van der Waals surface area contributed by atoms with E-state index in [4.69, 9.17) is 14.6 Å². The fraction of sp³-hybridized carbons (Fsp3) is 0.231. The van der Waals surface area contributed by atoms with Gasteiger partial charge in [0.15, 0.2) is 17.2 Å². The highest BCUT2D eigenvalue weighted by Crippen LogP contribution is 2.49. The number of rotatable bonds is 2. The lowest BCUT2D eigenvalue weighted by Gasteiger charge is -2.22. The molecule has 0 saturated carbocycles. The highest BCUT2D eigenvalue weighted by Gasteiger charge is 2.26. The van der Waals surface area contributed by atoms with E-state index in [0.29, 0.717) is 40.4 Å². The first-order chi connectivity index (χ1) is 9.99. The second-order valence-electron chi connectivity index (χ2n) is 4.45. The van der Waals surface area contributed by atoms with Gasteiger partial charge in [-0.2, -0.15) is 5.10 Å². The quantitative estimate of drug-likeness (QED) is 0.856. The number of halogens is 1. The van der Waals surface area contributed by atoms with E-state index in [0.717, 1.165) is 0 Å². The van der Waals surface area contributed by atoms with Gasteiger partial charge in [-0.25, -0.2) is 4.79 Å². The van der Waals surface area contributed by atoms with Crippen LogP contribution in [0, 0.1) is 0 Å². The van der Waals surface area contributed by atoms with Crippen molar-refractivity contribution in [2.24, 2.45) is 7.05 Å². The van der Waals surface area contributed by atoms with E-state index in [1.807, 2.05) is 0 Å². The molecular formula is C13H11BrN2O5. The SMILES string of the molecule is Cn1nc(C(=O)O)cc1-c1c(O)c(Br)cc2c1OCCO2. The molecule has 1 aromatic carbocycles. The maximum absolute atomic E-state index is 11.0. The Kier molecular flexibility index (Phi) is 3.25. The van der Waals surface area contributed by atoms with Crippen molar-refractivity contribution in [1.82, 2.24) is 9.78 Å². The topological polar surface area (TPSA) is 93.8 Å². The number of ether oxygens (including phenoxy) is 2. The Morgan fingerprint density at radius 1 is 1.38 bits per heavy atom. The van der Waals surface area contributed by atoms with Gasteiger partial charge in [0, 0.05) is 13.1 Å². The van der Waals surface area contributed by atoms with Gasteiger partial charge in [0.05, 0.1) is 15.7 Å². The minimum atomic E-state index is -1.14. The summed E-state index contributed by atoms with van der Waals surface area (Å²) in [5, 5.41) is 23.2. The van der Waals surface area contributed by atoms with Gasteiger partial charge in [-0.3, -0.25) is 4.68 Å². The van der Waals surface area contributed by atoms with E-state index < -0.39 is 5.97 Å². The van der Waals surface area contributed by atoms with Gasteiger partial charge in [0.25, 0.3) is 0 Å². The van der Waals surface area contributed by atoms with Crippen molar-refractivity contribution in [2.75, 3.05) is 13.2 Å². The fourth-order valence-corrected chi connectivity index (χ4v) is 2.59. The minimum absolute atomic E-state index is 0.0563. The average molecular weight is 355 g/mol. The van der Waals surface area contributed by atoms with Gasteiger partial charge in [-0.05, 0) is 22.0 Å². The molecule has 8 heteroatoms. The molecule has 2 aromatic rings. The molecule has 7 nitrogen and oxygen atoms in total. The Morgan fingerprint density at radius 3 is 2.76 bits per heavy atom. The minimum Gasteiger partial charge on any atom is -0.506 e. The molecule has 21 heavy (non-hydrogen) atoms. The zero-order valence-electron chi connectivity index (χ0n) is 11.0. The van der Waals surface area contributed by atoms with Crippen LogP contribution in [0.3, 0.4) is 0 Å². The Labute approximate surface area is 127 Å². The lowest BCUT2D eigenvalue weighted by molar-refractivity contribution is 0.0689. The van der Waals surface area contributed by atoms with Gasteiger partial charge in [0.2, 0.25) is 0 Å². The number of aromatic hydroxyl groups is 1. The standard InChI is InChI=1S/C13H11BrN2O5/c1-16-8(5-7(15-16)13(18)19)10-11(17)6(14)4-9-12(10)21-3-2-20-9/h4-5,17H,2-3H2,1H3,(H,18,19). The lowest BCUT2D eigenvalue weighted by atomic mass is 10.1. The Bertz CT molecular complexity index is 741. The van der Waals surface area contributed by atoms with Gasteiger partial charge in [-0.15, -0.1) is 0 Å². The summed E-state index contributed by atoms with van der Waals surface area (Å²) in [5.74, 6) is -0.336. The van der Waals surface area contributed by atoms with Crippen LogP contribution in [0.4, 0.5) is 0 Å². The summed E-state index contributed by atoms with van der Waals surface area (Å²) in [6, 6.07) is 2.99. The van der Waals surface area contributed by atoms with Gasteiger partial charge < -0.3 is 19.7 Å². The number of benzene rings is 1. The van der Waals surface area contributed by atoms with Crippen LogP contribution < -0.4 is 9.47 Å². The van der Waals surface area contributed by atoms with Crippen LogP contribution in [-0.2, 0) is 7.05 Å². The van der Waals surface area contributed by atoms with Crippen molar-refractivity contribution in [3.05, 3.63) is 22.3 Å². The first-order valence-electron chi connectivity index (χ1n) is 6.08. The first kappa shape index (κ1) is 13.7. The lowest BCUT2D eigenvalue weighted by Crippen LogP contribution is -2.16. The highest BCUT2D eigenvalue weighted by atomic mass is 79.9. The molecule has 110 valence electrons. The van der Waals surface area contributed by atoms with Gasteiger partial charge in [-0.1, -0.05) is 0 Å². The van der Waals surface area contributed by atoms with E-state index in [1.54, 1.807) is 13.1 Å². The van der Waals surface area contributed by atoms with E-state index >= 15 is 0 Å². The van der Waals surface area contributed by atoms with Crippen LogP contribution in [0.25, 0.3) is 11.3 Å². The molecule has 0 spiro atoms. The monoisotopic (exact) mass is 354 g/mol. The second-order valence-corrected chi connectivity index (χ2v) is 5.30. The molecule has 1 aliphatic heterocycles. The molecule has 1 aromatic heterocycles. The molecule has 0 aliphatic carbocycles. The molecule has 3 rings (SSSR count). The number of aromatic nitrogens is 2. The third-order valence-electron chi connectivity index (χ3n) is 3.11. The Morgan fingerprint density at radius 2 is 2.10 bits per heavy atom. The van der Waals surface area contributed by atoms with Crippen LogP contribution in [0.15, 0.2) is 16.6 Å². The number of aromatic carboxylic acids is 1. The van der Waals surface area contributed by atoms with Crippen LogP contribution in [0.1, 0.15) is 10.5 Å². The molecule has 1 aliphatic rings. The summed E-state index contributed by atoms with van der Waals surface area (Å²) in [7, 11) is 1.60. The molecule has 2 N–H and O–H groups in total. The van der Waals surface area contributed by atoms with Gasteiger partial charge in [0.1, 0.15) is 19.0 Å². The number of hydrogen-bond donors (Lipinski definition) is 2. The normalized spacial score (nSPS) is 13.2. The average Bonchev–Trinajstić information content (AvgIpc) is 2.82.